The van der Waals surface area contributed by atoms with Gasteiger partial charge in [-0.05, 0) is 24.1 Å². The van der Waals surface area contributed by atoms with Gasteiger partial charge in [-0.3, -0.25) is 0 Å². The van der Waals surface area contributed by atoms with E-state index in [0.717, 1.165) is 12.0 Å². The van der Waals surface area contributed by atoms with E-state index >= 15 is 0 Å². The summed E-state index contributed by atoms with van der Waals surface area (Å²) in [6, 6.07) is 7.35. The van der Waals surface area contributed by atoms with Gasteiger partial charge in [0.05, 0.1) is 19.3 Å². The van der Waals surface area contributed by atoms with Crippen LogP contribution >= 0.6 is 0 Å². The van der Waals surface area contributed by atoms with Gasteiger partial charge in [-0.15, -0.1) is 0 Å². The first-order valence-corrected chi connectivity index (χ1v) is 5.72. The third-order valence-electron chi connectivity index (χ3n) is 2.68. The van der Waals surface area contributed by atoms with Crippen molar-refractivity contribution in [2.24, 2.45) is 0 Å². The number of aliphatic hydroxyl groups is 1. The van der Waals surface area contributed by atoms with E-state index in [1.807, 2.05) is 19.1 Å². The summed E-state index contributed by atoms with van der Waals surface area (Å²) < 4.78 is 4.62. The number of ether oxygens (including phenoxy) is 1. The number of hydrogen-bond donors (Lipinski definition) is 2. The van der Waals surface area contributed by atoms with Crippen molar-refractivity contribution in [2.75, 3.05) is 13.7 Å². The van der Waals surface area contributed by atoms with Gasteiger partial charge in [0.15, 0.2) is 0 Å². The molecule has 0 unspecified atom stereocenters. The molecule has 0 aliphatic carbocycles. The second kappa shape index (κ2) is 7.04. The van der Waals surface area contributed by atoms with E-state index in [1.54, 1.807) is 12.1 Å². The SMILES string of the molecule is CC[C@@H](CO)NCc1ccc(C(=O)OC)cc1. The van der Waals surface area contributed by atoms with Crippen LogP contribution in [0.25, 0.3) is 0 Å². The summed E-state index contributed by atoms with van der Waals surface area (Å²) in [6.45, 7) is 2.84. The number of methoxy groups -OCH3 is 1. The highest BCUT2D eigenvalue weighted by atomic mass is 16.5. The Kier molecular flexibility index (Phi) is 5.66. The highest BCUT2D eigenvalue weighted by Gasteiger charge is 2.06. The Morgan fingerprint density at radius 1 is 1.41 bits per heavy atom. The molecule has 94 valence electrons. The Bertz CT molecular complexity index is 344. The van der Waals surface area contributed by atoms with Crippen LogP contribution in [0.4, 0.5) is 0 Å². The van der Waals surface area contributed by atoms with Crippen LogP contribution in [-0.2, 0) is 11.3 Å². The largest absolute Gasteiger partial charge is 0.465 e. The maximum Gasteiger partial charge on any atom is 0.337 e. The zero-order valence-corrected chi connectivity index (χ0v) is 10.3. The maximum absolute atomic E-state index is 11.2. The molecule has 1 aromatic rings. The highest BCUT2D eigenvalue weighted by Crippen LogP contribution is 2.06. The smallest absolute Gasteiger partial charge is 0.337 e. The number of nitrogens with one attached hydrogen (secondary N) is 1. The lowest BCUT2D eigenvalue weighted by atomic mass is 10.1. The second-order valence-electron chi connectivity index (χ2n) is 3.86. The lowest BCUT2D eigenvalue weighted by molar-refractivity contribution is 0.0600. The van der Waals surface area contributed by atoms with Crippen molar-refractivity contribution in [3.8, 4) is 0 Å². The number of carbonyl (C=O) groups excluding carboxylic acids is 1. The third kappa shape index (κ3) is 4.17. The van der Waals surface area contributed by atoms with Crippen LogP contribution < -0.4 is 5.32 Å². The van der Waals surface area contributed by atoms with Gasteiger partial charge >= 0.3 is 5.97 Å². The van der Waals surface area contributed by atoms with Gasteiger partial charge in [-0.25, -0.2) is 4.79 Å². The molecule has 17 heavy (non-hydrogen) atoms. The molecule has 0 radical (unpaired) electrons. The van der Waals surface area contributed by atoms with Crippen LogP contribution in [0.15, 0.2) is 24.3 Å². The summed E-state index contributed by atoms with van der Waals surface area (Å²) in [4.78, 5) is 11.2. The monoisotopic (exact) mass is 237 g/mol. The molecule has 4 heteroatoms. The van der Waals surface area contributed by atoms with E-state index in [-0.39, 0.29) is 18.6 Å². The summed E-state index contributed by atoms with van der Waals surface area (Å²) in [5.74, 6) is -0.327. The van der Waals surface area contributed by atoms with E-state index in [4.69, 9.17) is 5.11 Å². The van der Waals surface area contributed by atoms with Gasteiger partial charge in [0.1, 0.15) is 0 Å². The van der Waals surface area contributed by atoms with Crippen molar-refractivity contribution in [1.29, 1.82) is 0 Å². The Morgan fingerprint density at radius 2 is 2.06 bits per heavy atom. The van der Waals surface area contributed by atoms with Gasteiger partial charge in [-0.1, -0.05) is 19.1 Å². The number of rotatable bonds is 6. The van der Waals surface area contributed by atoms with Crippen molar-refractivity contribution in [3.05, 3.63) is 35.4 Å². The van der Waals surface area contributed by atoms with Gasteiger partial charge in [0.2, 0.25) is 0 Å². The number of aliphatic hydroxyl groups excluding tert-OH is 1. The molecule has 0 aliphatic heterocycles. The Balaban J connectivity index is 2.53. The minimum atomic E-state index is -0.327. The quantitative estimate of drug-likeness (QED) is 0.733. The second-order valence-corrected chi connectivity index (χ2v) is 3.86. The Labute approximate surface area is 102 Å². The van der Waals surface area contributed by atoms with Crippen LogP contribution in [0, 0.1) is 0 Å². The molecule has 0 amide bonds. The average Bonchev–Trinajstić information content (AvgIpc) is 2.39. The molecule has 1 rings (SSSR count). The lowest BCUT2D eigenvalue weighted by Crippen LogP contribution is -2.31. The fourth-order valence-corrected chi connectivity index (χ4v) is 1.48. The van der Waals surface area contributed by atoms with E-state index in [2.05, 4.69) is 10.1 Å². The number of hydrogen-bond acceptors (Lipinski definition) is 4. The molecule has 0 aliphatic rings. The van der Waals surface area contributed by atoms with Crippen LogP contribution in [0.3, 0.4) is 0 Å². The zero-order chi connectivity index (χ0) is 12.7. The predicted octanol–water partition coefficient (Wildman–Crippen LogP) is 1.33. The summed E-state index contributed by atoms with van der Waals surface area (Å²) in [5.41, 5.74) is 1.62. The first-order chi connectivity index (χ1) is 8.21. The first kappa shape index (κ1) is 13.7. The lowest BCUT2D eigenvalue weighted by Gasteiger charge is -2.13. The molecule has 1 atom stereocenters. The fourth-order valence-electron chi connectivity index (χ4n) is 1.48. The molecule has 0 fully saturated rings. The molecule has 0 bridgehead atoms. The number of esters is 1. The molecular weight excluding hydrogens is 218 g/mol. The standard InChI is InChI=1S/C13H19NO3/c1-3-12(9-15)14-8-10-4-6-11(7-5-10)13(16)17-2/h4-7,12,14-15H,3,8-9H2,1-2H3/t12-/m0/s1. The van der Waals surface area contributed by atoms with Crippen molar-refractivity contribution in [1.82, 2.24) is 5.32 Å². The molecule has 0 saturated heterocycles. The van der Waals surface area contributed by atoms with Crippen LogP contribution in [0.1, 0.15) is 29.3 Å². The topological polar surface area (TPSA) is 58.6 Å². The van der Waals surface area contributed by atoms with Crippen LogP contribution in [0.5, 0.6) is 0 Å². The van der Waals surface area contributed by atoms with Crippen molar-refractivity contribution >= 4 is 5.97 Å². The molecular formula is C13H19NO3. The summed E-state index contributed by atoms with van der Waals surface area (Å²) >= 11 is 0. The summed E-state index contributed by atoms with van der Waals surface area (Å²) in [6.07, 6.45) is 0.886. The molecule has 4 nitrogen and oxygen atoms in total. The Morgan fingerprint density at radius 3 is 2.53 bits per heavy atom. The first-order valence-electron chi connectivity index (χ1n) is 5.72. The van der Waals surface area contributed by atoms with Gasteiger partial charge < -0.3 is 15.2 Å². The van der Waals surface area contributed by atoms with E-state index in [1.165, 1.54) is 7.11 Å². The highest BCUT2D eigenvalue weighted by molar-refractivity contribution is 5.89. The summed E-state index contributed by atoms with van der Waals surface area (Å²) in [5, 5.41) is 12.3. The van der Waals surface area contributed by atoms with Crippen molar-refractivity contribution < 1.29 is 14.6 Å². The third-order valence-corrected chi connectivity index (χ3v) is 2.68. The normalized spacial score (nSPS) is 12.2. The van der Waals surface area contributed by atoms with Crippen molar-refractivity contribution in [3.63, 3.8) is 0 Å². The minimum Gasteiger partial charge on any atom is -0.465 e. The van der Waals surface area contributed by atoms with Gasteiger partial charge in [0, 0.05) is 12.6 Å². The van der Waals surface area contributed by atoms with E-state index in [9.17, 15) is 4.79 Å². The van der Waals surface area contributed by atoms with Gasteiger partial charge in [0.25, 0.3) is 0 Å². The van der Waals surface area contributed by atoms with Crippen molar-refractivity contribution in [2.45, 2.75) is 25.9 Å². The van der Waals surface area contributed by atoms with Crippen LogP contribution in [-0.4, -0.2) is 30.8 Å². The van der Waals surface area contributed by atoms with Crippen LogP contribution in [0.2, 0.25) is 0 Å². The molecule has 0 aromatic heterocycles. The zero-order valence-electron chi connectivity index (χ0n) is 10.3. The molecule has 0 spiro atoms. The summed E-state index contributed by atoms with van der Waals surface area (Å²) in [7, 11) is 1.37. The average molecular weight is 237 g/mol. The van der Waals surface area contributed by atoms with E-state index in [0.29, 0.717) is 12.1 Å². The number of carbonyl (C=O) groups is 1. The number of benzene rings is 1. The fraction of sp³-hybridized carbons (Fsp3) is 0.462. The van der Waals surface area contributed by atoms with E-state index < -0.39 is 0 Å². The molecule has 0 heterocycles. The molecule has 0 saturated carbocycles. The Hall–Kier alpha value is -1.39. The maximum atomic E-state index is 11.2. The van der Waals surface area contributed by atoms with Gasteiger partial charge in [-0.2, -0.15) is 0 Å². The predicted molar refractivity (Wildman–Crippen MR) is 65.8 cm³/mol. The minimum absolute atomic E-state index is 0.121. The molecule has 1 aromatic carbocycles. The molecule has 2 N–H and O–H groups in total.